The molecule has 112 valence electrons. The quantitative estimate of drug-likeness (QED) is 0.790. The van der Waals surface area contributed by atoms with Crippen LogP contribution in [-0.2, 0) is 18.4 Å². The highest BCUT2D eigenvalue weighted by molar-refractivity contribution is 5.58. The zero-order valence-electron chi connectivity index (χ0n) is 13.0. The molecule has 0 bridgehead atoms. The molecule has 0 saturated heterocycles. The number of rotatable bonds is 1. The zero-order chi connectivity index (χ0) is 15.0. The van der Waals surface area contributed by atoms with Crippen LogP contribution < -0.4 is 0 Å². The van der Waals surface area contributed by atoms with Crippen molar-refractivity contribution in [2.24, 2.45) is 0 Å². The Bertz CT molecular complexity index is 653. The summed E-state index contributed by atoms with van der Waals surface area (Å²) in [5, 5.41) is 8.54. The molecule has 1 aliphatic rings. The lowest BCUT2D eigenvalue weighted by molar-refractivity contribution is 0.582. The molecule has 1 aromatic carbocycles. The van der Waals surface area contributed by atoms with E-state index in [4.69, 9.17) is 0 Å². The molecule has 21 heavy (non-hydrogen) atoms. The molecule has 3 rings (SSSR count). The molecule has 0 saturated carbocycles. The molecule has 0 N–H and O–H groups in total. The predicted molar refractivity (Wildman–Crippen MR) is 81.7 cm³/mol. The van der Waals surface area contributed by atoms with E-state index in [0.29, 0.717) is 11.4 Å². The summed E-state index contributed by atoms with van der Waals surface area (Å²) in [5.74, 6) is 1.45. The van der Waals surface area contributed by atoms with Crippen molar-refractivity contribution in [1.82, 2.24) is 14.8 Å². The molecule has 0 spiro atoms. The van der Waals surface area contributed by atoms with Crippen LogP contribution in [0.4, 0.5) is 4.39 Å². The summed E-state index contributed by atoms with van der Waals surface area (Å²) in [6, 6.07) is 5.34. The minimum Gasteiger partial charge on any atom is -0.311 e. The highest BCUT2D eigenvalue weighted by atomic mass is 19.1. The van der Waals surface area contributed by atoms with E-state index in [9.17, 15) is 4.39 Å². The van der Waals surface area contributed by atoms with Gasteiger partial charge >= 0.3 is 0 Å². The lowest BCUT2D eigenvalue weighted by Gasteiger charge is -2.20. The van der Waals surface area contributed by atoms with Gasteiger partial charge in [-0.05, 0) is 36.0 Å². The Balaban J connectivity index is 2.10. The molecule has 0 atom stereocenters. The first-order valence-electron chi connectivity index (χ1n) is 7.69. The Morgan fingerprint density at radius 1 is 1.10 bits per heavy atom. The maximum atomic E-state index is 14.3. The topological polar surface area (TPSA) is 30.7 Å². The van der Waals surface area contributed by atoms with E-state index >= 15 is 0 Å². The van der Waals surface area contributed by atoms with E-state index < -0.39 is 0 Å². The van der Waals surface area contributed by atoms with E-state index in [1.807, 2.05) is 12.1 Å². The standard InChI is InChI=1S/C17H22FN3/c1-17(2,3)12-8-9-14(18)13(11-12)16-20-19-15-7-5-4-6-10-21(15)16/h8-9,11H,4-7,10H2,1-3H3. The first-order valence-corrected chi connectivity index (χ1v) is 7.69. The van der Waals surface area contributed by atoms with Gasteiger partial charge in [-0.3, -0.25) is 0 Å². The maximum Gasteiger partial charge on any atom is 0.166 e. The highest BCUT2D eigenvalue weighted by Gasteiger charge is 2.21. The van der Waals surface area contributed by atoms with Crippen molar-refractivity contribution >= 4 is 0 Å². The summed E-state index contributed by atoms with van der Waals surface area (Å²) in [4.78, 5) is 0. The molecular weight excluding hydrogens is 265 g/mol. The number of hydrogen-bond donors (Lipinski definition) is 0. The Kier molecular flexibility index (Phi) is 3.56. The van der Waals surface area contributed by atoms with E-state index in [0.717, 1.165) is 37.2 Å². The van der Waals surface area contributed by atoms with Gasteiger partial charge in [-0.25, -0.2) is 4.39 Å². The van der Waals surface area contributed by atoms with E-state index in [1.54, 1.807) is 6.07 Å². The van der Waals surface area contributed by atoms with Gasteiger partial charge in [0.2, 0.25) is 0 Å². The number of benzene rings is 1. The molecule has 0 amide bonds. The van der Waals surface area contributed by atoms with E-state index in [2.05, 4.69) is 35.5 Å². The summed E-state index contributed by atoms with van der Waals surface area (Å²) >= 11 is 0. The fourth-order valence-corrected chi connectivity index (χ4v) is 2.85. The van der Waals surface area contributed by atoms with Crippen molar-refractivity contribution in [3.05, 3.63) is 35.4 Å². The first-order chi connectivity index (χ1) is 9.97. The number of hydrogen-bond acceptors (Lipinski definition) is 2. The third-order valence-electron chi connectivity index (χ3n) is 4.18. The van der Waals surface area contributed by atoms with Crippen LogP contribution in [-0.4, -0.2) is 14.8 Å². The van der Waals surface area contributed by atoms with Crippen LogP contribution >= 0.6 is 0 Å². The number of aromatic nitrogens is 3. The van der Waals surface area contributed by atoms with Crippen molar-refractivity contribution < 1.29 is 4.39 Å². The smallest absolute Gasteiger partial charge is 0.166 e. The molecule has 0 fully saturated rings. The van der Waals surface area contributed by atoms with Gasteiger partial charge in [-0.2, -0.15) is 0 Å². The van der Waals surface area contributed by atoms with E-state index in [-0.39, 0.29) is 11.2 Å². The second-order valence-electron chi connectivity index (χ2n) is 6.85. The predicted octanol–water partition coefficient (Wildman–Crippen LogP) is 4.11. The van der Waals surface area contributed by atoms with Gasteiger partial charge in [0.15, 0.2) is 5.82 Å². The van der Waals surface area contributed by atoms with Crippen LogP contribution in [0.15, 0.2) is 18.2 Å². The van der Waals surface area contributed by atoms with Crippen molar-refractivity contribution in [3.8, 4) is 11.4 Å². The summed E-state index contributed by atoms with van der Waals surface area (Å²) in [5.41, 5.74) is 1.68. The normalized spacial score (nSPS) is 15.6. The third kappa shape index (κ3) is 2.71. The Labute approximate surface area is 125 Å². The van der Waals surface area contributed by atoms with Crippen molar-refractivity contribution in [2.75, 3.05) is 0 Å². The number of aryl methyl sites for hydroxylation is 1. The van der Waals surface area contributed by atoms with Crippen LogP contribution in [0.2, 0.25) is 0 Å². The second kappa shape index (κ2) is 5.24. The first kappa shape index (κ1) is 14.2. The number of nitrogens with zero attached hydrogens (tertiary/aromatic N) is 3. The fourth-order valence-electron chi connectivity index (χ4n) is 2.85. The summed E-state index contributed by atoms with van der Waals surface area (Å²) in [6.07, 6.45) is 4.39. The van der Waals surface area contributed by atoms with Gasteiger partial charge in [0.1, 0.15) is 11.6 Å². The molecule has 2 aromatic rings. The largest absolute Gasteiger partial charge is 0.311 e. The zero-order valence-corrected chi connectivity index (χ0v) is 13.0. The summed E-state index contributed by atoms with van der Waals surface area (Å²) in [7, 11) is 0. The summed E-state index contributed by atoms with van der Waals surface area (Å²) < 4.78 is 16.4. The SMILES string of the molecule is CC(C)(C)c1ccc(F)c(-c2nnc3n2CCCCC3)c1. The molecule has 2 heterocycles. The maximum absolute atomic E-state index is 14.3. The lowest BCUT2D eigenvalue weighted by Crippen LogP contribution is -2.12. The van der Waals surface area contributed by atoms with Crippen molar-refractivity contribution in [2.45, 2.75) is 58.4 Å². The fraction of sp³-hybridized carbons (Fsp3) is 0.529. The Morgan fingerprint density at radius 2 is 1.90 bits per heavy atom. The average molecular weight is 287 g/mol. The molecular formula is C17H22FN3. The van der Waals surface area contributed by atoms with Gasteiger partial charge in [-0.15, -0.1) is 10.2 Å². The molecule has 0 radical (unpaired) electrons. The lowest BCUT2D eigenvalue weighted by atomic mass is 9.86. The van der Waals surface area contributed by atoms with Crippen LogP contribution in [0.1, 0.15) is 51.4 Å². The Hall–Kier alpha value is -1.71. The van der Waals surface area contributed by atoms with Gasteiger partial charge in [0, 0.05) is 13.0 Å². The number of fused-ring (bicyclic) bond motifs is 1. The average Bonchev–Trinajstić information content (AvgIpc) is 2.67. The minimum absolute atomic E-state index is 0.00983. The monoisotopic (exact) mass is 287 g/mol. The third-order valence-corrected chi connectivity index (χ3v) is 4.18. The molecule has 1 aliphatic heterocycles. The van der Waals surface area contributed by atoms with Crippen LogP contribution in [0.25, 0.3) is 11.4 Å². The van der Waals surface area contributed by atoms with Gasteiger partial charge in [-0.1, -0.05) is 33.3 Å². The van der Waals surface area contributed by atoms with Crippen LogP contribution in [0.5, 0.6) is 0 Å². The van der Waals surface area contributed by atoms with E-state index in [1.165, 1.54) is 6.42 Å². The van der Waals surface area contributed by atoms with Gasteiger partial charge < -0.3 is 4.57 Å². The molecule has 0 unspecified atom stereocenters. The second-order valence-corrected chi connectivity index (χ2v) is 6.85. The van der Waals surface area contributed by atoms with Crippen LogP contribution in [0, 0.1) is 5.82 Å². The van der Waals surface area contributed by atoms with Crippen LogP contribution in [0.3, 0.4) is 0 Å². The molecule has 1 aromatic heterocycles. The molecule has 3 nitrogen and oxygen atoms in total. The summed E-state index contributed by atoms with van der Waals surface area (Å²) in [6.45, 7) is 7.29. The van der Waals surface area contributed by atoms with Gasteiger partial charge in [0.25, 0.3) is 0 Å². The molecule has 4 heteroatoms. The highest BCUT2D eigenvalue weighted by Crippen LogP contribution is 2.30. The molecule has 0 aliphatic carbocycles. The van der Waals surface area contributed by atoms with Crippen molar-refractivity contribution in [1.29, 1.82) is 0 Å². The Morgan fingerprint density at radius 3 is 2.67 bits per heavy atom. The van der Waals surface area contributed by atoms with Crippen molar-refractivity contribution in [3.63, 3.8) is 0 Å². The number of halogens is 1. The van der Waals surface area contributed by atoms with Gasteiger partial charge in [0.05, 0.1) is 5.56 Å². The minimum atomic E-state index is -0.220.